The summed E-state index contributed by atoms with van der Waals surface area (Å²) in [6.07, 6.45) is 7.85. The fourth-order valence-corrected chi connectivity index (χ4v) is 3.46. The van der Waals surface area contributed by atoms with E-state index in [1.807, 2.05) is 44.2 Å². The highest BCUT2D eigenvalue weighted by atomic mass is 16.7. The second-order valence-corrected chi connectivity index (χ2v) is 7.88. The van der Waals surface area contributed by atoms with E-state index in [1.54, 1.807) is 7.11 Å². The number of ether oxygens (including phenoxy) is 4. The number of hydrogen-bond donors (Lipinski definition) is 0. The smallest absolute Gasteiger partial charge is 0.163 e. The summed E-state index contributed by atoms with van der Waals surface area (Å²) in [6.45, 7) is 11.5. The zero-order valence-corrected chi connectivity index (χ0v) is 17.4. The molecule has 1 aromatic carbocycles. The topological polar surface area (TPSA) is 36.9 Å². The van der Waals surface area contributed by atoms with Crippen molar-refractivity contribution >= 4 is 0 Å². The lowest BCUT2D eigenvalue weighted by Gasteiger charge is -2.42. The summed E-state index contributed by atoms with van der Waals surface area (Å²) in [6, 6.07) is 8.02. The Balaban J connectivity index is 1.59. The average Bonchev–Trinajstić information content (AvgIpc) is 2.65. The third kappa shape index (κ3) is 7.65. The van der Waals surface area contributed by atoms with Crippen LogP contribution in [0.15, 0.2) is 36.9 Å². The van der Waals surface area contributed by atoms with Crippen molar-refractivity contribution in [1.82, 2.24) is 0 Å². The predicted molar refractivity (Wildman–Crippen MR) is 109 cm³/mol. The molecule has 0 saturated carbocycles. The summed E-state index contributed by atoms with van der Waals surface area (Å²) >= 11 is 0. The van der Waals surface area contributed by atoms with Gasteiger partial charge in [-0.2, -0.15) is 0 Å². The molecule has 1 aliphatic heterocycles. The molecule has 1 aromatic rings. The first kappa shape index (κ1) is 21.9. The first-order valence-corrected chi connectivity index (χ1v) is 10.1. The molecule has 2 rings (SSSR count). The van der Waals surface area contributed by atoms with E-state index >= 15 is 0 Å². The Kier molecular flexibility index (Phi) is 8.81. The van der Waals surface area contributed by atoms with Gasteiger partial charge < -0.3 is 18.9 Å². The first-order chi connectivity index (χ1) is 12.9. The molecule has 0 unspecified atom stereocenters. The van der Waals surface area contributed by atoms with Gasteiger partial charge in [0.15, 0.2) is 5.79 Å². The fourth-order valence-electron chi connectivity index (χ4n) is 3.46. The molecule has 1 fully saturated rings. The molecule has 3 atom stereocenters. The van der Waals surface area contributed by atoms with Crippen molar-refractivity contribution in [3.8, 4) is 5.75 Å². The quantitative estimate of drug-likeness (QED) is 0.377. The molecule has 1 aliphatic rings. The van der Waals surface area contributed by atoms with Crippen LogP contribution in [0.25, 0.3) is 0 Å². The van der Waals surface area contributed by atoms with Gasteiger partial charge in [-0.15, -0.1) is 6.58 Å². The Hall–Kier alpha value is -1.36. The third-order valence-corrected chi connectivity index (χ3v) is 5.08. The van der Waals surface area contributed by atoms with Crippen LogP contribution in [0, 0.1) is 5.92 Å². The Labute approximate surface area is 164 Å². The monoisotopic (exact) mass is 376 g/mol. The largest absolute Gasteiger partial charge is 0.497 e. The van der Waals surface area contributed by atoms with Crippen molar-refractivity contribution < 1.29 is 18.9 Å². The second-order valence-electron chi connectivity index (χ2n) is 7.88. The number of hydrogen-bond acceptors (Lipinski definition) is 4. The molecule has 0 aromatic heterocycles. The van der Waals surface area contributed by atoms with Crippen LogP contribution < -0.4 is 4.74 Å². The standard InChI is InChI=1S/C23H36O4/c1-6-18(2)22-16-21(26-23(3,4)27-22)10-8-7-9-15-25-17-19-11-13-20(24-5)14-12-19/h6,11-14,18,21-22H,1,7-10,15-17H2,2-5H3/t18-,21-,22+/m1/s1. The molecule has 0 aliphatic carbocycles. The van der Waals surface area contributed by atoms with E-state index in [4.69, 9.17) is 18.9 Å². The second kappa shape index (κ2) is 10.8. The highest BCUT2D eigenvalue weighted by molar-refractivity contribution is 5.26. The van der Waals surface area contributed by atoms with Crippen LogP contribution in [0.3, 0.4) is 0 Å². The van der Waals surface area contributed by atoms with Crippen LogP contribution in [-0.2, 0) is 20.8 Å². The summed E-state index contributed by atoms with van der Waals surface area (Å²) in [5, 5.41) is 0. The van der Waals surface area contributed by atoms with E-state index < -0.39 is 5.79 Å². The van der Waals surface area contributed by atoms with Crippen LogP contribution in [0.2, 0.25) is 0 Å². The number of unbranched alkanes of at least 4 members (excludes halogenated alkanes) is 2. The van der Waals surface area contributed by atoms with Gasteiger partial charge in [-0.05, 0) is 44.4 Å². The first-order valence-electron chi connectivity index (χ1n) is 10.1. The minimum absolute atomic E-state index is 0.198. The molecule has 27 heavy (non-hydrogen) atoms. The summed E-state index contributed by atoms with van der Waals surface area (Å²) in [7, 11) is 1.68. The molecule has 4 heteroatoms. The molecule has 0 spiro atoms. The lowest BCUT2D eigenvalue weighted by atomic mass is 9.94. The number of rotatable bonds is 11. The van der Waals surface area contributed by atoms with Gasteiger partial charge in [0.05, 0.1) is 25.9 Å². The van der Waals surface area contributed by atoms with Gasteiger partial charge in [0.25, 0.3) is 0 Å². The van der Waals surface area contributed by atoms with Gasteiger partial charge >= 0.3 is 0 Å². The van der Waals surface area contributed by atoms with Gasteiger partial charge in [-0.25, -0.2) is 0 Å². The normalized spacial score (nSPS) is 23.0. The van der Waals surface area contributed by atoms with Crippen LogP contribution >= 0.6 is 0 Å². The maximum absolute atomic E-state index is 6.11. The van der Waals surface area contributed by atoms with Gasteiger partial charge in [0.2, 0.25) is 0 Å². The van der Waals surface area contributed by atoms with E-state index in [9.17, 15) is 0 Å². The Morgan fingerprint density at radius 2 is 1.93 bits per heavy atom. The van der Waals surface area contributed by atoms with Crippen molar-refractivity contribution in [1.29, 1.82) is 0 Å². The summed E-state index contributed by atoms with van der Waals surface area (Å²) in [4.78, 5) is 0. The Bertz CT molecular complexity index is 552. The zero-order valence-electron chi connectivity index (χ0n) is 17.4. The Morgan fingerprint density at radius 3 is 2.59 bits per heavy atom. The molecule has 152 valence electrons. The highest BCUT2D eigenvalue weighted by Gasteiger charge is 2.36. The molecule has 0 N–H and O–H groups in total. The maximum Gasteiger partial charge on any atom is 0.163 e. The van der Waals surface area contributed by atoms with E-state index in [0.717, 1.165) is 44.5 Å². The van der Waals surface area contributed by atoms with Gasteiger partial charge in [0.1, 0.15) is 5.75 Å². The van der Waals surface area contributed by atoms with Crippen molar-refractivity contribution in [3.63, 3.8) is 0 Å². The molecular weight excluding hydrogens is 340 g/mol. The lowest BCUT2D eigenvalue weighted by molar-refractivity contribution is -0.305. The molecule has 1 heterocycles. The Morgan fingerprint density at radius 1 is 1.19 bits per heavy atom. The predicted octanol–water partition coefficient (Wildman–Crippen LogP) is 5.50. The summed E-state index contributed by atoms with van der Waals surface area (Å²) in [5.74, 6) is 0.718. The van der Waals surface area contributed by atoms with Crippen LogP contribution in [0.4, 0.5) is 0 Å². The molecule has 0 radical (unpaired) electrons. The van der Waals surface area contributed by atoms with Crippen LogP contribution in [0.1, 0.15) is 58.4 Å². The molecule has 0 bridgehead atoms. The number of methoxy groups -OCH3 is 1. The van der Waals surface area contributed by atoms with Crippen molar-refractivity contribution in [2.75, 3.05) is 13.7 Å². The SMILES string of the molecule is C=C[C@@H](C)[C@@H]1C[C@@H](CCCCCOCc2ccc(OC)cc2)OC(C)(C)O1. The molecular formula is C23H36O4. The third-order valence-electron chi connectivity index (χ3n) is 5.08. The van der Waals surface area contributed by atoms with Crippen LogP contribution in [-0.4, -0.2) is 31.7 Å². The lowest BCUT2D eigenvalue weighted by Crippen LogP contribution is -2.46. The zero-order chi connectivity index (χ0) is 19.7. The molecule has 1 saturated heterocycles. The van der Waals surface area contributed by atoms with E-state index in [2.05, 4.69) is 13.5 Å². The minimum atomic E-state index is -0.508. The van der Waals surface area contributed by atoms with E-state index in [1.165, 1.54) is 5.56 Å². The highest BCUT2D eigenvalue weighted by Crippen LogP contribution is 2.32. The maximum atomic E-state index is 6.11. The molecule has 0 amide bonds. The average molecular weight is 377 g/mol. The van der Waals surface area contributed by atoms with E-state index in [0.29, 0.717) is 12.5 Å². The van der Waals surface area contributed by atoms with Gasteiger partial charge in [-0.1, -0.05) is 38.0 Å². The molecule has 4 nitrogen and oxygen atoms in total. The van der Waals surface area contributed by atoms with Crippen LogP contribution in [0.5, 0.6) is 5.75 Å². The van der Waals surface area contributed by atoms with Crippen molar-refractivity contribution in [2.24, 2.45) is 5.92 Å². The fraction of sp³-hybridized carbons (Fsp3) is 0.652. The minimum Gasteiger partial charge on any atom is -0.497 e. The summed E-state index contributed by atoms with van der Waals surface area (Å²) in [5.41, 5.74) is 1.18. The van der Waals surface area contributed by atoms with Gasteiger partial charge in [0, 0.05) is 18.9 Å². The van der Waals surface area contributed by atoms with Gasteiger partial charge in [-0.3, -0.25) is 0 Å². The van der Waals surface area contributed by atoms with Crippen molar-refractivity contribution in [3.05, 3.63) is 42.5 Å². The number of benzene rings is 1. The summed E-state index contributed by atoms with van der Waals surface area (Å²) < 4.78 is 23.1. The van der Waals surface area contributed by atoms with E-state index in [-0.39, 0.29) is 12.2 Å². The van der Waals surface area contributed by atoms with Crippen molar-refractivity contribution in [2.45, 2.75) is 77.5 Å².